The highest BCUT2D eigenvalue weighted by molar-refractivity contribution is 7.83. The van der Waals surface area contributed by atoms with E-state index in [0.717, 1.165) is 4.57 Å². The molecule has 0 saturated carbocycles. The Kier molecular flexibility index (Phi) is 7.02. The van der Waals surface area contributed by atoms with Gasteiger partial charge >= 0.3 is 23.7 Å². The molecule has 1 heterocycles. The molecule has 1 aromatic heterocycles. The van der Waals surface area contributed by atoms with Gasteiger partial charge in [0.2, 0.25) is 0 Å². The lowest BCUT2D eigenvalue weighted by Gasteiger charge is -2.35. The summed E-state index contributed by atoms with van der Waals surface area (Å²) in [7, 11) is 0. The molecule has 2 nitrogen and oxygen atoms in total. The van der Waals surface area contributed by atoms with Crippen molar-refractivity contribution >= 4 is 37.5 Å². The van der Waals surface area contributed by atoms with Crippen molar-refractivity contribution in [2.24, 2.45) is 5.41 Å². The summed E-state index contributed by atoms with van der Waals surface area (Å²) in [5.41, 5.74) is -0.312. The molecule has 0 saturated heterocycles. The highest BCUT2D eigenvalue weighted by Crippen LogP contribution is 2.53. The second-order valence-electron chi connectivity index (χ2n) is 7.72. The summed E-state index contributed by atoms with van der Waals surface area (Å²) < 4.78 is 110. The zero-order valence-corrected chi connectivity index (χ0v) is 17.9. The predicted octanol–water partition coefficient (Wildman–Crippen LogP) is 6.59. The Bertz CT molecular complexity index is 772. The minimum atomic E-state index is -6.28. The topological polar surface area (TPSA) is 9.86 Å². The lowest BCUT2D eigenvalue weighted by Crippen LogP contribution is -2.61. The van der Waals surface area contributed by atoms with Crippen molar-refractivity contribution in [3.63, 3.8) is 0 Å². The van der Waals surface area contributed by atoms with Crippen molar-refractivity contribution in [3.8, 4) is 0 Å². The molecule has 0 aromatic carbocycles. The summed E-state index contributed by atoms with van der Waals surface area (Å²) in [6.07, 6.45) is -1.86. The van der Waals surface area contributed by atoms with E-state index in [1.54, 1.807) is 0 Å². The van der Waals surface area contributed by atoms with Crippen LogP contribution in [0.1, 0.15) is 34.1 Å². The zero-order chi connectivity index (χ0) is 22.5. The highest BCUT2D eigenvalue weighted by atomic mass is 32.1. The van der Waals surface area contributed by atoms with Gasteiger partial charge in [-0.3, -0.25) is 0 Å². The first kappa shape index (κ1) is 25.6. The first-order chi connectivity index (χ1) is 12.2. The molecule has 0 radical (unpaired) electrons. The van der Waals surface area contributed by atoms with Gasteiger partial charge in [0, 0.05) is 26.4 Å². The molecule has 0 N–H and O–H groups in total. The molecule has 13 heteroatoms. The molecule has 1 aromatic rings. The SMILES string of the molecule is CC(C)(C)Cn1c(S)c(S)n(CCC(F)(F)C(F)(F)C(F)(F)C(C)(F)F)c1=S. The van der Waals surface area contributed by atoms with E-state index in [-0.39, 0.29) is 26.8 Å². The monoisotopic (exact) mass is 476 g/mol. The molecule has 0 amide bonds. The molecule has 0 atom stereocenters. The summed E-state index contributed by atoms with van der Waals surface area (Å²) in [5, 5.41) is 0.132. The molecular weight excluding hydrogens is 456 g/mol. The number of aromatic nitrogens is 2. The van der Waals surface area contributed by atoms with E-state index in [1.165, 1.54) is 4.57 Å². The Hall–Kier alpha value is -0.430. The Labute approximate surface area is 173 Å². The van der Waals surface area contributed by atoms with Gasteiger partial charge in [-0.15, -0.1) is 25.3 Å². The Balaban J connectivity index is 3.22. The predicted molar refractivity (Wildman–Crippen MR) is 97.3 cm³/mol. The average molecular weight is 477 g/mol. The number of imidazole rings is 1. The second-order valence-corrected chi connectivity index (χ2v) is 8.93. The van der Waals surface area contributed by atoms with Gasteiger partial charge in [-0.2, -0.15) is 35.1 Å². The zero-order valence-electron chi connectivity index (χ0n) is 15.3. The summed E-state index contributed by atoms with van der Waals surface area (Å²) >= 11 is 13.3. The number of nitrogens with zero attached hydrogens (tertiary/aromatic N) is 2. The fraction of sp³-hybridized carbons (Fsp3) is 0.800. The van der Waals surface area contributed by atoms with Crippen LogP contribution in [0, 0.1) is 10.2 Å². The average Bonchev–Trinajstić information content (AvgIpc) is 2.66. The molecular formula is C15H20F8N2S3. The Morgan fingerprint density at radius 1 is 0.786 bits per heavy atom. The van der Waals surface area contributed by atoms with Crippen molar-refractivity contribution in [1.82, 2.24) is 9.13 Å². The Morgan fingerprint density at radius 2 is 1.21 bits per heavy atom. The number of hydrogen-bond donors (Lipinski definition) is 2. The van der Waals surface area contributed by atoms with Gasteiger partial charge in [-0.1, -0.05) is 20.8 Å². The third kappa shape index (κ3) is 4.66. The van der Waals surface area contributed by atoms with Gasteiger partial charge < -0.3 is 9.13 Å². The van der Waals surface area contributed by atoms with Gasteiger partial charge in [0.25, 0.3) is 0 Å². The van der Waals surface area contributed by atoms with Crippen LogP contribution >= 0.6 is 37.5 Å². The Morgan fingerprint density at radius 3 is 1.61 bits per heavy atom. The van der Waals surface area contributed by atoms with Gasteiger partial charge in [-0.05, 0) is 17.6 Å². The molecule has 164 valence electrons. The normalized spacial score (nSPS) is 14.6. The van der Waals surface area contributed by atoms with Crippen molar-refractivity contribution < 1.29 is 35.1 Å². The van der Waals surface area contributed by atoms with Crippen molar-refractivity contribution in [3.05, 3.63) is 4.77 Å². The van der Waals surface area contributed by atoms with E-state index in [9.17, 15) is 35.1 Å². The molecule has 0 aliphatic carbocycles. The second kappa shape index (κ2) is 7.68. The first-order valence-electron chi connectivity index (χ1n) is 7.90. The maximum Gasteiger partial charge on any atom is 0.378 e. The minimum Gasteiger partial charge on any atom is -0.311 e. The summed E-state index contributed by atoms with van der Waals surface area (Å²) in [6.45, 7) is 4.34. The van der Waals surface area contributed by atoms with E-state index < -0.39 is 43.6 Å². The third-order valence-electron chi connectivity index (χ3n) is 3.86. The van der Waals surface area contributed by atoms with Gasteiger partial charge in [-0.25, -0.2) is 0 Å². The largest absolute Gasteiger partial charge is 0.378 e. The molecule has 28 heavy (non-hydrogen) atoms. The number of thiol groups is 2. The molecule has 0 fully saturated rings. The molecule has 0 aliphatic heterocycles. The molecule has 0 bridgehead atoms. The van der Waals surface area contributed by atoms with E-state index in [1.807, 2.05) is 20.8 Å². The standard InChI is InChI=1S/C15H20F8N2S3/c1-11(2,3)7-25-9(27)8(26)24(10(25)28)6-5-13(18,19)15(22,23)14(20,21)12(4,16)17/h26-27H,5-7H2,1-4H3. The van der Waals surface area contributed by atoms with Crippen molar-refractivity contribution in [1.29, 1.82) is 0 Å². The van der Waals surface area contributed by atoms with Crippen molar-refractivity contribution in [2.45, 2.75) is 80.9 Å². The van der Waals surface area contributed by atoms with E-state index in [2.05, 4.69) is 25.3 Å². The lowest BCUT2D eigenvalue weighted by atomic mass is 9.97. The van der Waals surface area contributed by atoms with Crippen LogP contribution in [0.4, 0.5) is 35.1 Å². The fourth-order valence-corrected chi connectivity index (χ4v) is 3.38. The van der Waals surface area contributed by atoms with E-state index >= 15 is 0 Å². The van der Waals surface area contributed by atoms with Crippen molar-refractivity contribution in [2.75, 3.05) is 0 Å². The van der Waals surface area contributed by atoms with Gasteiger partial charge in [0.1, 0.15) is 10.1 Å². The molecule has 0 aliphatic rings. The summed E-state index contributed by atoms with van der Waals surface area (Å²) in [4.78, 5) is 0. The number of rotatable bonds is 7. The number of hydrogen-bond acceptors (Lipinski definition) is 3. The van der Waals surface area contributed by atoms with Crippen LogP contribution in [0.25, 0.3) is 0 Å². The highest BCUT2D eigenvalue weighted by Gasteiger charge is 2.78. The smallest absolute Gasteiger partial charge is 0.311 e. The van der Waals surface area contributed by atoms with Crippen LogP contribution in [-0.2, 0) is 13.1 Å². The van der Waals surface area contributed by atoms with E-state index in [0.29, 0.717) is 0 Å². The third-order valence-corrected chi connectivity index (χ3v) is 5.38. The van der Waals surface area contributed by atoms with Crippen LogP contribution < -0.4 is 0 Å². The fourth-order valence-electron chi connectivity index (χ4n) is 2.30. The quantitative estimate of drug-likeness (QED) is 0.257. The summed E-state index contributed by atoms with van der Waals surface area (Å²) in [5.74, 6) is -23.3. The van der Waals surface area contributed by atoms with Crippen LogP contribution in [0.15, 0.2) is 10.1 Å². The van der Waals surface area contributed by atoms with Crippen LogP contribution in [-0.4, -0.2) is 32.8 Å². The summed E-state index contributed by atoms with van der Waals surface area (Å²) in [6, 6.07) is 0. The maximum atomic E-state index is 13.9. The van der Waals surface area contributed by atoms with E-state index in [4.69, 9.17) is 12.2 Å². The van der Waals surface area contributed by atoms with Gasteiger partial charge in [0.15, 0.2) is 4.77 Å². The van der Waals surface area contributed by atoms with Gasteiger partial charge in [0.05, 0.1) is 0 Å². The minimum absolute atomic E-state index is 0.0377. The molecule has 0 spiro atoms. The molecule has 1 rings (SSSR count). The van der Waals surface area contributed by atoms with Crippen LogP contribution in [0.2, 0.25) is 0 Å². The first-order valence-corrected chi connectivity index (χ1v) is 9.20. The number of alkyl halides is 8. The maximum absolute atomic E-state index is 13.9. The van der Waals surface area contributed by atoms with Crippen LogP contribution in [0.5, 0.6) is 0 Å². The van der Waals surface area contributed by atoms with Crippen LogP contribution in [0.3, 0.4) is 0 Å². The number of halogens is 8. The lowest BCUT2D eigenvalue weighted by molar-refractivity contribution is -0.363. The molecule has 0 unspecified atom stereocenters.